The fourth-order valence-electron chi connectivity index (χ4n) is 1.48. The standard InChI is InChI=1S/C13H8F5NO/c14-8-5-10(15)12(19)11(6-8)20-9-3-1-7(2-4-9)13(16,17)18/h1-6H,19H2. The molecule has 0 amide bonds. The van der Waals surface area contributed by atoms with E-state index in [4.69, 9.17) is 10.5 Å². The molecular weight excluding hydrogens is 281 g/mol. The number of halogens is 5. The number of anilines is 1. The van der Waals surface area contributed by atoms with E-state index in [2.05, 4.69) is 0 Å². The summed E-state index contributed by atoms with van der Waals surface area (Å²) in [5.41, 5.74) is 4.07. The van der Waals surface area contributed by atoms with Crippen LogP contribution < -0.4 is 10.5 Å². The van der Waals surface area contributed by atoms with Gasteiger partial charge in [-0.2, -0.15) is 13.2 Å². The van der Waals surface area contributed by atoms with Gasteiger partial charge in [-0.15, -0.1) is 0 Å². The highest BCUT2D eigenvalue weighted by Gasteiger charge is 2.30. The number of hydrogen-bond acceptors (Lipinski definition) is 2. The Morgan fingerprint density at radius 2 is 1.55 bits per heavy atom. The van der Waals surface area contributed by atoms with Gasteiger partial charge in [0.05, 0.1) is 5.56 Å². The maximum absolute atomic E-state index is 13.2. The first-order valence-corrected chi connectivity index (χ1v) is 5.37. The number of benzene rings is 2. The molecule has 0 heterocycles. The van der Waals surface area contributed by atoms with Crippen LogP contribution in [0.5, 0.6) is 11.5 Å². The summed E-state index contributed by atoms with van der Waals surface area (Å²) in [4.78, 5) is 0. The summed E-state index contributed by atoms with van der Waals surface area (Å²) in [5.74, 6) is -2.23. The van der Waals surface area contributed by atoms with Crippen LogP contribution in [0.4, 0.5) is 27.6 Å². The molecule has 0 atom stereocenters. The maximum atomic E-state index is 13.2. The Morgan fingerprint density at radius 3 is 2.10 bits per heavy atom. The third-order valence-electron chi connectivity index (χ3n) is 2.47. The Bertz CT molecular complexity index is 622. The summed E-state index contributed by atoms with van der Waals surface area (Å²) in [6.07, 6.45) is -4.47. The Hall–Kier alpha value is -2.31. The molecule has 0 aliphatic carbocycles. The zero-order valence-electron chi connectivity index (χ0n) is 9.84. The number of hydrogen-bond donors (Lipinski definition) is 1. The predicted molar refractivity (Wildman–Crippen MR) is 62.3 cm³/mol. The van der Waals surface area contributed by atoms with Gasteiger partial charge < -0.3 is 10.5 Å². The van der Waals surface area contributed by atoms with Gasteiger partial charge in [0.1, 0.15) is 17.3 Å². The van der Waals surface area contributed by atoms with Gasteiger partial charge in [-0.25, -0.2) is 8.78 Å². The third kappa shape index (κ3) is 2.98. The summed E-state index contributed by atoms with van der Waals surface area (Å²) in [7, 11) is 0. The average Bonchev–Trinajstić information content (AvgIpc) is 2.35. The fraction of sp³-hybridized carbons (Fsp3) is 0.0769. The molecule has 0 aliphatic rings. The van der Waals surface area contributed by atoms with E-state index < -0.39 is 29.1 Å². The smallest absolute Gasteiger partial charge is 0.416 e. The van der Waals surface area contributed by atoms with Crippen molar-refractivity contribution in [2.45, 2.75) is 6.18 Å². The van der Waals surface area contributed by atoms with Crippen LogP contribution in [0.15, 0.2) is 36.4 Å². The zero-order valence-corrected chi connectivity index (χ0v) is 9.84. The molecule has 2 N–H and O–H groups in total. The van der Waals surface area contributed by atoms with Gasteiger partial charge >= 0.3 is 6.18 Å². The van der Waals surface area contributed by atoms with Crippen LogP contribution in [-0.2, 0) is 6.18 Å². The first kappa shape index (κ1) is 14.1. The molecule has 0 saturated heterocycles. The van der Waals surface area contributed by atoms with Crippen molar-refractivity contribution in [1.29, 1.82) is 0 Å². The van der Waals surface area contributed by atoms with Crippen LogP contribution in [0.1, 0.15) is 5.56 Å². The largest absolute Gasteiger partial charge is 0.455 e. The lowest BCUT2D eigenvalue weighted by Gasteiger charge is -2.11. The highest BCUT2D eigenvalue weighted by molar-refractivity contribution is 5.55. The van der Waals surface area contributed by atoms with E-state index in [0.717, 1.165) is 30.3 Å². The maximum Gasteiger partial charge on any atom is 0.416 e. The van der Waals surface area contributed by atoms with Gasteiger partial charge in [0.15, 0.2) is 11.6 Å². The summed E-state index contributed by atoms with van der Waals surface area (Å²) in [6.45, 7) is 0. The Labute approximate surface area is 110 Å². The Balaban J connectivity index is 2.27. The van der Waals surface area contributed by atoms with E-state index in [9.17, 15) is 22.0 Å². The van der Waals surface area contributed by atoms with Gasteiger partial charge in [0.25, 0.3) is 0 Å². The predicted octanol–water partition coefficient (Wildman–Crippen LogP) is 4.36. The number of nitrogen functional groups attached to an aromatic ring is 1. The molecule has 20 heavy (non-hydrogen) atoms. The summed E-state index contributed by atoms with van der Waals surface area (Å²) >= 11 is 0. The average molecular weight is 289 g/mol. The van der Waals surface area contributed by atoms with Gasteiger partial charge in [-0.05, 0) is 24.3 Å². The zero-order chi connectivity index (χ0) is 14.9. The molecule has 2 nitrogen and oxygen atoms in total. The van der Waals surface area contributed by atoms with Crippen molar-refractivity contribution in [2.24, 2.45) is 0 Å². The van der Waals surface area contributed by atoms with Crippen LogP contribution in [0.2, 0.25) is 0 Å². The van der Waals surface area contributed by atoms with Crippen molar-refractivity contribution >= 4 is 5.69 Å². The van der Waals surface area contributed by atoms with E-state index in [0.29, 0.717) is 6.07 Å². The number of alkyl halides is 3. The van der Waals surface area contributed by atoms with E-state index in [1.807, 2.05) is 0 Å². The first-order chi connectivity index (χ1) is 9.27. The van der Waals surface area contributed by atoms with Crippen molar-refractivity contribution in [1.82, 2.24) is 0 Å². The van der Waals surface area contributed by atoms with Crippen LogP contribution in [-0.4, -0.2) is 0 Å². The second kappa shape index (κ2) is 4.99. The van der Waals surface area contributed by atoms with Gasteiger partial charge in [-0.3, -0.25) is 0 Å². The van der Waals surface area contributed by atoms with Gasteiger partial charge in [0, 0.05) is 12.1 Å². The molecule has 0 bridgehead atoms. The monoisotopic (exact) mass is 289 g/mol. The van der Waals surface area contributed by atoms with Crippen LogP contribution >= 0.6 is 0 Å². The fourth-order valence-corrected chi connectivity index (χ4v) is 1.48. The SMILES string of the molecule is Nc1c(F)cc(F)cc1Oc1ccc(C(F)(F)F)cc1. The van der Waals surface area contributed by atoms with Crippen molar-refractivity contribution in [2.75, 3.05) is 5.73 Å². The lowest BCUT2D eigenvalue weighted by atomic mass is 10.2. The van der Waals surface area contributed by atoms with E-state index in [1.165, 1.54) is 0 Å². The van der Waals surface area contributed by atoms with E-state index in [1.54, 1.807) is 0 Å². The molecule has 0 spiro atoms. The van der Waals surface area contributed by atoms with Gasteiger partial charge in [0.2, 0.25) is 0 Å². The molecule has 0 fully saturated rings. The van der Waals surface area contributed by atoms with Crippen molar-refractivity contribution in [3.05, 3.63) is 53.6 Å². The van der Waals surface area contributed by atoms with Crippen LogP contribution in [0.25, 0.3) is 0 Å². The lowest BCUT2D eigenvalue weighted by molar-refractivity contribution is -0.137. The van der Waals surface area contributed by atoms with E-state index >= 15 is 0 Å². The second-order valence-corrected chi connectivity index (χ2v) is 3.92. The number of nitrogens with two attached hydrogens (primary N) is 1. The minimum atomic E-state index is -4.47. The minimum absolute atomic E-state index is 0.0188. The van der Waals surface area contributed by atoms with Crippen molar-refractivity contribution < 1.29 is 26.7 Å². The summed E-state index contributed by atoms with van der Waals surface area (Å²) in [6, 6.07) is 5.07. The summed E-state index contributed by atoms with van der Waals surface area (Å²) in [5, 5.41) is 0. The number of rotatable bonds is 2. The molecule has 0 aliphatic heterocycles. The molecule has 2 aromatic rings. The molecule has 0 radical (unpaired) electrons. The molecule has 7 heteroatoms. The summed E-state index contributed by atoms with van der Waals surface area (Å²) < 4.78 is 68.3. The molecular formula is C13H8F5NO. The Kier molecular flexibility index (Phi) is 3.52. The molecule has 2 aromatic carbocycles. The quantitative estimate of drug-likeness (QED) is 0.658. The van der Waals surface area contributed by atoms with Gasteiger partial charge in [-0.1, -0.05) is 0 Å². The Morgan fingerprint density at radius 1 is 0.950 bits per heavy atom. The minimum Gasteiger partial charge on any atom is -0.455 e. The lowest BCUT2D eigenvalue weighted by Crippen LogP contribution is -2.04. The number of ether oxygens (including phenoxy) is 1. The normalized spacial score (nSPS) is 11.4. The highest BCUT2D eigenvalue weighted by Crippen LogP contribution is 2.33. The van der Waals surface area contributed by atoms with E-state index in [-0.39, 0.29) is 11.5 Å². The molecule has 2 rings (SSSR count). The van der Waals surface area contributed by atoms with Crippen molar-refractivity contribution in [3.8, 4) is 11.5 Å². The highest BCUT2D eigenvalue weighted by atomic mass is 19.4. The first-order valence-electron chi connectivity index (χ1n) is 5.37. The van der Waals surface area contributed by atoms with Crippen LogP contribution in [0, 0.1) is 11.6 Å². The molecule has 106 valence electrons. The topological polar surface area (TPSA) is 35.2 Å². The van der Waals surface area contributed by atoms with Crippen molar-refractivity contribution in [3.63, 3.8) is 0 Å². The molecule has 0 saturated carbocycles. The second-order valence-electron chi connectivity index (χ2n) is 3.92. The molecule has 0 aromatic heterocycles. The van der Waals surface area contributed by atoms with Crippen LogP contribution in [0.3, 0.4) is 0 Å². The molecule has 0 unspecified atom stereocenters. The third-order valence-corrected chi connectivity index (χ3v) is 2.47.